The van der Waals surface area contributed by atoms with Crippen LogP contribution in [0.1, 0.15) is 113 Å². The number of terminal acetylenes is 1. The molecular formula is C35H65N5O5. The molecule has 10 heteroatoms. The summed E-state index contributed by atoms with van der Waals surface area (Å²) < 4.78 is 0. The van der Waals surface area contributed by atoms with Crippen LogP contribution in [0.4, 0.5) is 4.79 Å². The molecule has 0 aromatic heterocycles. The number of piperidine rings is 1. The fraction of sp³-hybridized carbons (Fsp3) is 0.743. The van der Waals surface area contributed by atoms with Gasteiger partial charge in [-0.3, -0.25) is 19.2 Å². The summed E-state index contributed by atoms with van der Waals surface area (Å²) in [7, 11) is 3.40. The van der Waals surface area contributed by atoms with Crippen molar-refractivity contribution in [3.8, 4) is 12.3 Å². The van der Waals surface area contributed by atoms with Crippen LogP contribution in [0, 0.1) is 23.7 Å². The summed E-state index contributed by atoms with van der Waals surface area (Å²) in [6.07, 6.45) is 15.0. The van der Waals surface area contributed by atoms with Gasteiger partial charge in [-0.05, 0) is 44.6 Å². The normalized spacial score (nSPS) is 17.3. The zero-order chi connectivity index (χ0) is 35.3. The molecule has 10 nitrogen and oxygen atoms in total. The predicted octanol–water partition coefficient (Wildman–Crippen LogP) is 5.02. The molecule has 0 spiro atoms. The first-order chi connectivity index (χ1) is 21.6. The van der Waals surface area contributed by atoms with Crippen molar-refractivity contribution in [2.24, 2.45) is 11.3 Å². The summed E-state index contributed by atoms with van der Waals surface area (Å²) >= 11 is 0. The smallest absolute Gasteiger partial charge is 0.315 e. The number of carbonyl (C=O) groups is 5. The fourth-order valence-corrected chi connectivity index (χ4v) is 4.99. The van der Waals surface area contributed by atoms with Crippen molar-refractivity contribution in [2.75, 3.05) is 33.7 Å². The first-order valence-corrected chi connectivity index (χ1v) is 16.8. The molecule has 1 heterocycles. The van der Waals surface area contributed by atoms with Crippen LogP contribution >= 0.6 is 0 Å². The van der Waals surface area contributed by atoms with Crippen molar-refractivity contribution in [1.82, 2.24) is 26.2 Å². The number of rotatable bonds is 11. The highest BCUT2D eigenvalue weighted by Gasteiger charge is 2.43. The van der Waals surface area contributed by atoms with Crippen molar-refractivity contribution in [3.05, 3.63) is 12.7 Å². The predicted molar refractivity (Wildman–Crippen MR) is 186 cm³/mol. The van der Waals surface area contributed by atoms with Crippen molar-refractivity contribution in [1.29, 1.82) is 0 Å². The molecule has 1 saturated heterocycles. The zero-order valence-electron chi connectivity index (χ0n) is 29.9. The molecule has 4 N–H and O–H groups in total. The third kappa shape index (κ3) is 19.0. The van der Waals surface area contributed by atoms with Crippen LogP contribution in [0.3, 0.4) is 0 Å². The molecule has 0 radical (unpaired) electrons. The van der Waals surface area contributed by atoms with Crippen LogP contribution in [0.25, 0.3) is 0 Å². The lowest BCUT2D eigenvalue weighted by Crippen LogP contribution is -2.60. The molecule has 0 aromatic rings. The molecule has 2 aliphatic rings. The Labute approximate surface area is 274 Å². The Morgan fingerprint density at radius 2 is 1.60 bits per heavy atom. The quantitative estimate of drug-likeness (QED) is 0.109. The lowest BCUT2D eigenvalue weighted by Gasteiger charge is -2.43. The molecule has 3 unspecified atom stereocenters. The van der Waals surface area contributed by atoms with Crippen molar-refractivity contribution in [2.45, 2.75) is 125 Å². The van der Waals surface area contributed by atoms with Crippen molar-refractivity contribution in [3.63, 3.8) is 0 Å². The van der Waals surface area contributed by atoms with Crippen molar-refractivity contribution < 1.29 is 24.0 Å². The van der Waals surface area contributed by atoms with Gasteiger partial charge in [0.2, 0.25) is 17.6 Å². The highest BCUT2D eigenvalue weighted by molar-refractivity contribution is 6.27. The van der Waals surface area contributed by atoms with E-state index in [-0.39, 0.29) is 42.9 Å². The Hall–Kier alpha value is -3.19. The highest BCUT2D eigenvalue weighted by atomic mass is 16.2. The van der Waals surface area contributed by atoms with E-state index in [1.807, 2.05) is 47.7 Å². The number of carbonyl (C=O) groups excluding carboxylic acids is 5. The molecule has 260 valence electrons. The second-order valence-corrected chi connectivity index (χ2v) is 10.9. The summed E-state index contributed by atoms with van der Waals surface area (Å²) in [6, 6.07) is -2.05. The Morgan fingerprint density at radius 1 is 1.02 bits per heavy atom. The van der Waals surface area contributed by atoms with E-state index in [0.29, 0.717) is 19.4 Å². The number of likely N-dealkylation sites (tertiary alicyclic amines) is 1. The van der Waals surface area contributed by atoms with Gasteiger partial charge in [-0.1, -0.05) is 80.2 Å². The number of likely N-dealkylation sites (N-methyl/N-ethyl adjacent to an activating group) is 1. The van der Waals surface area contributed by atoms with E-state index in [1.165, 1.54) is 13.5 Å². The minimum absolute atomic E-state index is 0.186. The maximum absolute atomic E-state index is 13.6. The number of Topliss-reactive ketones (excluding diaryl/α,β-unsaturated/α-hetero) is 1. The van der Waals surface area contributed by atoms with Gasteiger partial charge in [0, 0.05) is 33.1 Å². The standard InChI is InChI=1S/C24H36N4O5.C4H9N.C3H8.2C2H6/c1-4-5-11-18(19(30)16-29)26-21(31)17-10-9-14-28(15-17)22(32)20(27-23(33)25-3)24(2)12-7-6-8-13-24;1-3-4-5-2;1-3-2;2*1-2/h1,16-18,20H,5-15H2,2-3H3,(H,26,31)(H2,25,27,33);3,5H,1,4H2,2H3;3H2,1-2H3;2*1-2H3. The van der Waals surface area contributed by atoms with Gasteiger partial charge in [0.05, 0.1) is 12.0 Å². The Balaban J connectivity index is -0.00000127. The highest BCUT2D eigenvalue weighted by Crippen LogP contribution is 2.39. The van der Waals surface area contributed by atoms with E-state index in [4.69, 9.17) is 6.42 Å². The summed E-state index contributed by atoms with van der Waals surface area (Å²) in [5.74, 6) is 0.625. The summed E-state index contributed by atoms with van der Waals surface area (Å²) in [5, 5.41) is 10.9. The monoisotopic (exact) mass is 635 g/mol. The lowest BCUT2D eigenvalue weighted by atomic mass is 9.70. The maximum atomic E-state index is 13.6. The first kappa shape index (κ1) is 46.2. The average molecular weight is 636 g/mol. The molecule has 0 aromatic carbocycles. The van der Waals surface area contributed by atoms with Gasteiger partial charge in [-0.25, -0.2) is 4.79 Å². The van der Waals surface area contributed by atoms with E-state index >= 15 is 0 Å². The molecular weight excluding hydrogens is 570 g/mol. The van der Waals surface area contributed by atoms with E-state index in [9.17, 15) is 24.0 Å². The van der Waals surface area contributed by atoms with Crippen LogP contribution in [-0.4, -0.2) is 80.6 Å². The number of hydrogen-bond acceptors (Lipinski definition) is 6. The van der Waals surface area contributed by atoms with Gasteiger partial charge in [0.1, 0.15) is 6.04 Å². The van der Waals surface area contributed by atoms with Gasteiger partial charge in [0.15, 0.2) is 6.29 Å². The minimum Gasteiger partial charge on any atom is -0.345 e. The average Bonchev–Trinajstić information content (AvgIpc) is 3.07. The zero-order valence-corrected chi connectivity index (χ0v) is 29.9. The van der Waals surface area contributed by atoms with Crippen LogP contribution in [-0.2, 0) is 19.2 Å². The number of amides is 4. The Kier molecular flexibility index (Phi) is 30.3. The van der Waals surface area contributed by atoms with Gasteiger partial charge in [0.25, 0.3) is 0 Å². The number of nitrogens with one attached hydrogen (secondary N) is 4. The minimum atomic E-state index is -0.957. The Morgan fingerprint density at radius 3 is 2.04 bits per heavy atom. The molecule has 45 heavy (non-hydrogen) atoms. The molecule has 1 aliphatic carbocycles. The third-order valence-corrected chi connectivity index (χ3v) is 7.25. The fourth-order valence-electron chi connectivity index (χ4n) is 4.99. The van der Waals surface area contributed by atoms with E-state index in [1.54, 1.807) is 4.90 Å². The van der Waals surface area contributed by atoms with Crippen molar-refractivity contribution >= 4 is 29.9 Å². The molecule has 2 rings (SSSR count). The van der Waals surface area contributed by atoms with Crippen LogP contribution in [0.15, 0.2) is 12.7 Å². The largest absolute Gasteiger partial charge is 0.345 e. The number of urea groups is 1. The second kappa shape index (κ2) is 29.5. The molecule has 1 saturated carbocycles. The Bertz CT molecular complexity index is 880. The molecule has 3 atom stereocenters. The molecule has 4 amide bonds. The van der Waals surface area contributed by atoms with E-state index in [2.05, 4.69) is 47.6 Å². The van der Waals surface area contributed by atoms with E-state index < -0.39 is 29.8 Å². The number of aldehydes is 1. The maximum Gasteiger partial charge on any atom is 0.315 e. The molecule has 1 aliphatic heterocycles. The first-order valence-electron chi connectivity index (χ1n) is 16.8. The molecule has 0 bridgehead atoms. The lowest BCUT2D eigenvalue weighted by molar-refractivity contribution is -0.141. The van der Waals surface area contributed by atoms with Gasteiger partial charge in [-0.15, -0.1) is 18.9 Å². The van der Waals surface area contributed by atoms with Crippen LogP contribution in [0.2, 0.25) is 0 Å². The number of hydrogen-bond donors (Lipinski definition) is 4. The SMILES string of the molecule is C#CCCC(NC(=O)C1CCCN(C(=O)C(NC(=O)NC)C2(C)CCCCC2)C1)C(=O)C=O.C=CCNC.CC.CC.CCC. The molecule has 2 fully saturated rings. The van der Waals surface area contributed by atoms with Crippen LogP contribution < -0.4 is 21.3 Å². The summed E-state index contributed by atoms with van der Waals surface area (Å²) in [5.41, 5.74) is -0.353. The number of ketones is 1. The van der Waals surface area contributed by atoms with Gasteiger partial charge >= 0.3 is 6.03 Å². The summed E-state index contributed by atoms with van der Waals surface area (Å²) in [6.45, 7) is 19.4. The van der Waals surface area contributed by atoms with Gasteiger partial charge in [-0.2, -0.15) is 0 Å². The third-order valence-electron chi connectivity index (χ3n) is 7.25. The topological polar surface area (TPSA) is 137 Å². The number of nitrogens with zero attached hydrogens (tertiary/aromatic N) is 1. The van der Waals surface area contributed by atoms with Crippen LogP contribution in [0.5, 0.6) is 0 Å². The van der Waals surface area contributed by atoms with Gasteiger partial charge < -0.3 is 26.2 Å². The second-order valence-electron chi connectivity index (χ2n) is 10.9. The van der Waals surface area contributed by atoms with E-state index in [0.717, 1.165) is 38.6 Å². The summed E-state index contributed by atoms with van der Waals surface area (Å²) in [4.78, 5) is 63.0.